The molecule has 0 aliphatic rings. The van der Waals surface area contributed by atoms with E-state index in [1.807, 2.05) is 19.9 Å². The first-order valence-corrected chi connectivity index (χ1v) is 4.19. The van der Waals surface area contributed by atoms with Gasteiger partial charge in [-0.05, 0) is 44.9 Å². The summed E-state index contributed by atoms with van der Waals surface area (Å²) in [6.45, 7) is 8.25. The van der Waals surface area contributed by atoms with E-state index in [1.165, 1.54) is 11.1 Å². The largest absolute Gasteiger partial charge is 0.258 e. The fourth-order valence-corrected chi connectivity index (χ4v) is 1.10. The third-order valence-corrected chi connectivity index (χ3v) is 1.92. The van der Waals surface area contributed by atoms with Crippen molar-refractivity contribution in [2.75, 3.05) is 0 Å². The topological polar surface area (TPSA) is 12.4 Å². The average Bonchev–Trinajstić information content (AvgIpc) is 1.98. The van der Waals surface area contributed by atoms with Gasteiger partial charge in [-0.2, -0.15) is 0 Å². The van der Waals surface area contributed by atoms with Gasteiger partial charge in [-0.25, -0.2) is 0 Å². The van der Waals surface area contributed by atoms with Crippen molar-refractivity contribution < 1.29 is 0 Å². The molecule has 64 valence electrons. The lowest BCUT2D eigenvalue weighted by Gasteiger charge is -2.03. The SMILES string of the molecule is CC(C)=Nc1cccc(C)c1C. The van der Waals surface area contributed by atoms with Crippen molar-refractivity contribution in [3.8, 4) is 0 Å². The molecule has 0 aliphatic heterocycles. The monoisotopic (exact) mass is 161 g/mol. The van der Waals surface area contributed by atoms with E-state index in [0.29, 0.717) is 0 Å². The summed E-state index contributed by atoms with van der Waals surface area (Å²) in [4.78, 5) is 4.44. The maximum absolute atomic E-state index is 4.44. The van der Waals surface area contributed by atoms with Crippen LogP contribution in [0.3, 0.4) is 0 Å². The number of rotatable bonds is 1. The predicted molar refractivity (Wildman–Crippen MR) is 54.4 cm³/mol. The van der Waals surface area contributed by atoms with Gasteiger partial charge in [0, 0.05) is 5.71 Å². The van der Waals surface area contributed by atoms with Gasteiger partial charge >= 0.3 is 0 Å². The van der Waals surface area contributed by atoms with E-state index in [2.05, 4.69) is 31.0 Å². The van der Waals surface area contributed by atoms with Gasteiger partial charge in [0.05, 0.1) is 5.69 Å². The van der Waals surface area contributed by atoms with E-state index in [0.717, 1.165) is 11.4 Å². The van der Waals surface area contributed by atoms with E-state index in [9.17, 15) is 0 Å². The molecule has 0 aromatic heterocycles. The Labute approximate surface area is 74.2 Å². The van der Waals surface area contributed by atoms with Crippen molar-refractivity contribution in [2.45, 2.75) is 27.7 Å². The summed E-state index contributed by atoms with van der Waals surface area (Å²) >= 11 is 0. The maximum Gasteiger partial charge on any atom is 0.0660 e. The van der Waals surface area contributed by atoms with Crippen LogP contribution in [0.5, 0.6) is 0 Å². The van der Waals surface area contributed by atoms with Crippen LogP contribution in [-0.4, -0.2) is 5.71 Å². The first kappa shape index (κ1) is 8.98. The number of aliphatic imine (C=N–C) groups is 1. The number of hydrogen-bond acceptors (Lipinski definition) is 1. The first-order chi connectivity index (χ1) is 5.61. The van der Waals surface area contributed by atoms with Gasteiger partial charge in [0.1, 0.15) is 0 Å². The van der Waals surface area contributed by atoms with Crippen LogP contribution in [0.4, 0.5) is 5.69 Å². The molecular formula is C11H15N. The van der Waals surface area contributed by atoms with Crippen LogP contribution in [0.1, 0.15) is 25.0 Å². The van der Waals surface area contributed by atoms with Crippen LogP contribution >= 0.6 is 0 Å². The van der Waals surface area contributed by atoms with Gasteiger partial charge in [-0.3, -0.25) is 4.99 Å². The van der Waals surface area contributed by atoms with Crippen molar-refractivity contribution in [1.82, 2.24) is 0 Å². The first-order valence-electron chi connectivity index (χ1n) is 4.19. The Balaban J connectivity index is 3.17. The zero-order valence-corrected chi connectivity index (χ0v) is 8.18. The summed E-state index contributed by atoms with van der Waals surface area (Å²) in [7, 11) is 0. The lowest BCUT2D eigenvalue weighted by Crippen LogP contribution is -1.83. The fourth-order valence-electron chi connectivity index (χ4n) is 1.10. The Bertz CT molecular complexity index is 307. The molecule has 1 aromatic carbocycles. The van der Waals surface area contributed by atoms with Crippen LogP contribution in [0.2, 0.25) is 0 Å². The Kier molecular flexibility index (Phi) is 2.64. The Morgan fingerprint density at radius 3 is 2.42 bits per heavy atom. The summed E-state index contributed by atoms with van der Waals surface area (Å²) in [6, 6.07) is 6.21. The van der Waals surface area contributed by atoms with Gasteiger partial charge in [0.15, 0.2) is 0 Å². The Morgan fingerprint density at radius 2 is 1.83 bits per heavy atom. The Hall–Kier alpha value is -1.11. The molecule has 0 fully saturated rings. The minimum Gasteiger partial charge on any atom is -0.258 e. The quantitative estimate of drug-likeness (QED) is 0.560. The van der Waals surface area contributed by atoms with Crippen LogP contribution < -0.4 is 0 Å². The highest BCUT2D eigenvalue weighted by molar-refractivity contribution is 5.82. The Morgan fingerprint density at radius 1 is 1.17 bits per heavy atom. The van der Waals surface area contributed by atoms with Gasteiger partial charge < -0.3 is 0 Å². The molecule has 0 heterocycles. The lowest BCUT2D eigenvalue weighted by atomic mass is 10.1. The summed E-state index contributed by atoms with van der Waals surface area (Å²) in [6.07, 6.45) is 0. The molecule has 0 saturated heterocycles. The second kappa shape index (κ2) is 3.53. The predicted octanol–water partition coefficient (Wildman–Crippen LogP) is 3.42. The molecule has 0 spiro atoms. The summed E-state index contributed by atoms with van der Waals surface area (Å²) < 4.78 is 0. The van der Waals surface area contributed by atoms with Gasteiger partial charge in [-0.15, -0.1) is 0 Å². The van der Waals surface area contributed by atoms with E-state index in [1.54, 1.807) is 0 Å². The molecule has 0 aliphatic carbocycles. The van der Waals surface area contributed by atoms with Crippen LogP contribution in [-0.2, 0) is 0 Å². The second-order valence-corrected chi connectivity index (χ2v) is 3.28. The van der Waals surface area contributed by atoms with E-state index in [-0.39, 0.29) is 0 Å². The van der Waals surface area contributed by atoms with Crippen LogP contribution in [0.25, 0.3) is 0 Å². The molecular weight excluding hydrogens is 146 g/mol. The van der Waals surface area contributed by atoms with Crippen molar-refractivity contribution in [3.63, 3.8) is 0 Å². The standard InChI is InChI=1S/C11H15N/c1-8(2)12-11-7-5-6-9(3)10(11)4/h5-7H,1-4H3. The highest BCUT2D eigenvalue weighted by Crippen LogP contribution is 2.21. The van der Waals surface area contributed by atoms with Crippen molar-refractivity contribution in [2.24, 2.45) is 4.99 Å². The molecule has 0 N–H and O–H groups in total. The average molecular weight is 161 g/mol. The van der Waals surface area contributed by atoms with Crippen LogP contribution in [0.15, 0.2) is 23.2 Å². The minimum atomic E-state index is 1.09. The maximum atomic E-state index is 4.44. The molecule has 1 nitrogen and oxygen atoms in total. The molecule has 0 bridgehead atoms. The molecule has 0 atom stereocenters. The van der Waals surface area contributed by atoms with Gasteiger partial charge in [0.2, 0.25) is 0 Å². The zero-order valence-electron chi connectivity index (χ0n) is 8.18. The molecule has 0 amide bonds. The normalized spacial score (nSPS) is 9.67. The third-order valence-electron chi connectivity index (χ3n) is 1.92. The second-order valence-electron chi connectivity index (χ2n) is 3.28. The highest BCUT2D eigenvalue weighted by atomic mass is 14.7. The highest BCUT2D eigenvalue weighted by Gasteiger charge is 1.97. The number of benzene rings is 1. The number of nitrogens with zero attached hydrogens (tertiary/aromatic N) is 1. The van der Waals surface area contributed by atoms with Crippen LogP contribution in [0, 0.1) is 13.8 Å². The van der Waals surface area contributed by atoms with E-state index < -0.39 is 0 Å². The number of aryl methyl sites for hydroxylation is 1. The molecule has 0 unspecified atom stereocenters. The zero-order chi connectivity index (χ0) is 9.14. The third kappa shape index (κ3) is 1.94. The molecule has 1 heteroatoms. The van der Waals surface area contributed by atoms with Crippen molar-refractivity contribution in [1.29, 1.82) is 0 Å². The summed E-state index contributed by atoms with van der Waals surface area (Å²) in [5, 5.41) is 0. The number of hydrogen-bond donors (Lipinski definition) is 0. The molecule has 0 radical (unpaired) electrons. The lowest BCUT2D eigenvalue weighted by molar-refractivity contribution is 1.30. The van der Waals surface area contributed by atoms with Crippen molar-refractivity contribution in [3.05, 3.63) is 29.3 Å². The molecule has 0 saturated carbocycles. The smallest absolute Gasteiger partial charge is 0.0660 e. The van der Waals surface area contributed by atoms with Gasteiger partial charge in [-0.1, -0.05) is 12.1 Å². The van der Waals surface area contributed by atoms with Crippen molar-refractivity contribution >= 4 is 11.4 Å². The molecule has 1 aromatic rings. The minimum absolute atomic E-state index is 1.09. The molecule has 12 heavy (non-hydrogen) atoms. The molecule has 1 rings (SSSR count). The van der Waals surface area contributed by atoms with E-state index >= 15 is 0 Å². The summed E-state index contributed by atoms with van der Waals surface area (Å²) in [5.41, 5.74) is 4.77. The van der Waals surface area contributed by atoms with Gasteiger partial charge in [0.25, 0.3) is 0 Å². The summed E-state index contributed by atoms with van der Waals surface area (Å²) in [5.74, 6) is 0. The van der Waals surface area contributed by atoms with E-state index in [4.69, 9.17) is 0 Å². The fraction of sp³-hybridized carbons (Fsp3) is 0.364.